The Labute approximate surface area is 263 Å². The van der Waals surface area contributed by atoms with Gasteiger partial charge in [-0.1, -0.05) is 147 Å². The first-order valence-electron chi connectivity index (χ1n) is 15.1. The molecule has 1 atom stereocenters. The smallest absolute Gasteiger partial charge is 0.320 e. The molecule has 0 amide bonds. The molecule has 0 saturated carbocycles. The fraction of sp³-hybridized carbons (Fsp3) is 0.158. The molecule has 6 rings (SSSR count). The lowest BCUT2D eigenvalue weighted by Gasteiger charge is -2.36. The third-order valence-corrected chi connectivity index (χ3v) is 8.23. The number of rotatable bonds is 11. The fourth-order valence-corrected chi connectivity index (χ4v) is 6.08. The molecule has 1 unspecified atom stereocenters. The van der Waals surface area contributed by atoms with Crippen molar-refractivity contribution in [1.82, 2.24) is 25.5 Å². The predicted octanol–water partition coefficient (Wildman–Crippen LogP) is 7.05. The molecule has 0 aliphatic rings. The van der Waals surface area contributed by atoms with E-state index in [-0.39, 0.29) is 5.92 Å². The van der Waals surface area contributed by atoms with Gasteiger partial charge in [-0.05, 0) is 55.8 Å². The maximum atomic E-state index is 11.9. The van der Waals surface area contributed by atoms with Crippen molar-refractivity contribution in [2.45, 2.75) is 32.0 Å². The minimum absolute atomic E-state index is 0.0684. The number of carbonyl (C=O) groups is 1. The van der Waals surface area contributed by atoms with E-state index in [0.717, 1.165) is 38.9 Å². The number of carboxylic acids is 1. The first-order valence-corrected chi connectivity index (χ1v) is 15.1. The molecule has 0 radical (unpaired) electrons. The van der Waals surface area contributed by atoms with Crippen LogP contribution in [0.4, 0.5) is 0 Å². The second kappa shape index (κ2) is 13.1. The Morgan fingerprint density at radius 2 is 1.24 bits per heavy atom. The molecular formula is C38H35N5O2. The Morgan fingerprint density at radius 3 is 1.73 bits per heavy atom. The highest BCUT2D eigenvalue weighted by Gasteiger charge is 2.42. The summed E-state index contributed by atoms with van der Waals surface area (Å²) in [5, 5.41) is 26.7. The minimum atomic E-state index is -0.906. The van der Waals surface area contributed by atoms with Crippen LogP contribution in [0.2, 0.25) is 0 Å². The lowest BCUT2D eigenvalue weighted by Crippen LogP contribution is -2.40. The van der Waals surface area contributed by atoms with Gasteiger partial charge in [-0.2, -0.15) is 0 Å². The monoisotopic (exact) mass is 593 g/mol. The number of tetrazole rings is 1. The summed E-state index contributed by atoms with van der Waals surface area (Å²) in [6, 6.07) is 46.6. The number of nitrogens with zero attached hydrogens (tertiary/aromatic N) is 4. The number of benzene rings is 5. The third kappa shape index (κ3) is 5.78. The Kier molecular flexibility index (Phi) is 8.62. The molecule has 0 aliphatic heterocycles. The number of carboxylic acid groups (broad SMARTS) is 1. The Balaban J connectivity index is 1.61. The van der Waals surface area contributed by atoms with Crippen LogP contribution in [0.15, 0.2) is 140 Å². The van der Waals surface area contributed by atoms with Gasteiger partial charge in [-0.3, -0.25) is 4.79 Å². The zero-order chi connectivity index (χ0) is 31.2. The van der Waals surface area contributed by atoms with Gasteiger partial charge in [0.25, 0.3) is 0 Å². The van der Waals surface area contributed by atoms with Crippen LogP contribution in [0.1, 0.15) is 36.1 Å². The molecule has 5 aromatic carbocycles. The van der Waals surface area contributed by atoms with Crippen molar-refractivity contribution >= 4 is 5.97 Å². The highest BCUT2D eigenvalue weighted by molar-refractivity contribution is 5.81. The lowest BCUT2D eigenvalue weighted by atomic mass is 9.77. The van der Waals surface area contributed by atoms with Gasteiger partial charge in [-0.15, -0.1) is 5.10 Å². The first-order chi connectivity index (χ1) is 22.0. The van der Waals surface area contributed by atoms with Gasteiger partial charge in [0.1, 0.15) is 11.6 Å². The van der Waals surface area contributed by atoms with Gasteiger partial charge < -0.3 is 10.4 Å². The Bertz CT molecular complexity index is 1760. The summed E-state index contributed by atoms with van der Waals surface area (Å²) >= 11 is 0. The van der Waals surface area contributed by atoms with Gasteiger partial charge in [-0.25, -0.2) is 4.68 Å². The molecular weight excluding hydrogens is 558 g/mol. The van der Waals surface area contributed by atoms with E-state index in [1.807, 2.05) is 97.4 Å². The SMILES string of the molecule is CC(C)C(NCc1ccc(-c2ccccc2)c(-c2nnnn2C(c2ccccc2)(c2ccccc2)c2ccccc2)c1)C(=O)O. The molecule has 0 bridgehead atoms. The van der Waals surface area contributed by atoms with Crippen LogP contribution >= 0.6 is 0 Å². The summed E-state index contributed by atoms with van der Waals surface area (Å²) in [5.41, 5.74) is 5.89. The van der Waals surface area contributed by atoms with Crippen molar-refractivity contribution in [2.24, 2.45) is 5.92 Å². The van der Waals surface area contributed by atoms with E-state index in [1.54, 1.807) is 0 Å². The van der Waals surface area contributed by atoms with Crippen molar-refractivity contribution in [3.05, 3.63) is 162 Å². The van der Waals surface area contributed by atoms with Crippen LogP contribution in [0.3, 0.4) is 0 Å². The van der Waals surface area contributed by atoms with Crippen molar-refractivity contribution in [2.75, 3.05) is 0 Å². The second-order valence-electron chi connectivity index (χ2n) is 11.4. The van der Waals surface area contributed by atoms with Crippen LogP contribution in [0.25, 0.3) is 22.5 Å². The van der Waals surface area contributed by atoms with E-state index in [0.29, 0.717) is 12.4 Å². The summed E-state index contributed by atoms with van der Waals surface area (Å²) in [4.78, 5) is 11.9. The molecule has 45 heavy (non-hydrogen) atoms. The number of nitrogens with one attached hydrogen (secondary N) is 1. The molecule has 7 heteroatoms. The molecule has 7 nitrogen and oxygen atoms in total. The van der Waals surface area contributed by atoms with Crippen LogP contribution in [0.5, 0.6) is 0 Å². The van der Waals surface area contributed by atoms with Crippen molar-refractivity contribution in [3.63, 3.8) is 0 Å². The van der Waals surface area contributed by atoms with Crippen molar-refractivity contribution in [1.29, 1.82) is 0 Å². The molecule has 1 heterocycles. The van der Waals surface area contributed by atoms with Gasteiger partial charge in [0, 0.05) is 12.1 Å². The largest absolute Gasteiger partial charge is 0.480 e. The quantitative estimate of drug-likeness (QED) is 0.157. The van der Waals surface area contributed by atoms with E-state index in [4.69, 9.17) is 10.3 Å². The molecule has 0 aliphatic carbocycles. The van der Waals surface area contributed by atoms with E-state index >= 15 is 0 Å². The lowest BCUT2D eigenvalue weighted by molar-refractivity contribution is -0.140. The summed E-state index contributed by atoms with van der Waals surface area (Å²) in [5.74, 6) is -0.347. The number of aromatic nitrogens is 4. The van der Waals surface area contributed by atoms with Gasteiger partial charge in [0.15, 0.2) is 5.82 Å². The van der Waals surface area contributed by atoms with E-state index in [2.05, 4.69) is 71.2 Å². The van der Waals surface area contributed by atoms with E-state index < -0.39 is 17.6 Å². The molecule has 6 aromatic rings. The number of aliphatic carboxylic acids is 1. The molecule has 0 fully saturated rings. The standard InChI is InChI=1S/C38H35N5O2/c1-27(2)35(37(44)45)39-26-28-23-24-33(29-15-7-3-8-16-29)34(25-28)36-40-41-42-43(36)38(30-17-9-4-10-18-30,31-19-11-5-12-20-31)32-21-13-6-14-22-32/h3-25,27,35,39H,26H2,1-2H3,(H,44,45). The maximum Gasteiger partial charge on any atom is 0.320 e. The van der Waals surface area contributed by atoms with Crippen LogP contribution in [0, 0.1) is 5.92 Å². The van der Waals surface area contributed by atoms with Crippen LogP contribution < -0.4 is 5.32 Å². The first kappa shape index (κ1) is 29.7. The molecule has 1 aromatic heterocycles. The topological polar surface area (TPSA) is 92.9 Å². The molecule has 2 N–H and O–H groups in total. The molecule has 0 spiro atoms. The second-order valence-corrected chi connectivity index (χ2v) is 11.4. The maximum absolute atomic E-state index is 11.9. The van der Waals surface area contributed by atoms with Gasteiger partial charge in [0.05, 0.1) is 0 Å². The number of hydrogen-bond acceptors (Lipinski definition) is 5. The summed E-state index contributed by atoms with van der Waals surface area (Å²) < 4.78 is 1.93. The summed E-state index contributed by atoms with van der Waals surface area (Å²) in [7, 11) is 0. The zero-order valence-corrected chi connectivity index (χ0v) is 25.3. The number of hydrogen-bond donors (Lipinski definition) is 2. The highest BCUT2D eigenvalue weighted by atomic mass is 16.4. The average molecular weight is 594 g/mol. The third-order valence-electron chi connectivity index (χ3n) is 8.23. The highest BCUT2D eigenvalue weighted by Crippen LogP contribution is 2.43. The van der Waals surface area contributed by atoms with Crippen molar-refractivity contribution in [3.8, 4) is 22.5 Å². The zero-order valence-electron chi connectivity index (χ0n) is 25.3. The average Bonchev–Trinajstić information content (AvgIpc) is 3.57. The fourth-order valence-electron chi connectivity index (χ4n) is 6.08. The summed E-state index contributed by atoms with van der Waals surface area (Å²) in [6.45, 7) is 4.18. The van der Waals surface area contributed by atoms with Gasteiger partial charge in [0.2, 0.25) is 0 Å². The Morgan fingerprint density at radius 1 is 0.733 bits per heavy atom. The van der Waals surface area contributed by atoms with Crippen LogP contribution in [-0.2, 0) is 16.9 Å². The van der Waals surface area contributed by atoms with Crippen LogP contribution in [-0.4, -0.2) is 37.3 Å². The summed E-state index contributed by atoms with van der Waals surface area (Å²) in [6.07, 6.45) is 0. The molecule has 0 saturated heterocycles. The van der Waals surface area contributed by atoms with Crippen molar-refractivity contribution < 1.29 is 9.90 Å². The van der Waals surface area contributed by atoms with E-state index in [9.17, 15) is 9.90 Å². The molecule has 224 valence electrons. The van der Waals surface area contributed by atoms with E-state index in [1.165, 1.54) is 0 Å². The van der Waals surface area contributed by atoms with Gasteiger partial charge >= 0.3 is 5.97 Å². The minimum Gasteiger partial charge on any atom is -0.480 e. The predicted molar refractivity (Wildman–Crippen MR) is 176 cm³/mol. The Hall–Kier alpha value is -5.40. The normalized spacial score (nSPS) is 12.2.